The van der Waals surface area contributed by atoms with Gasteiger partial charge in [0.15, 0.2) is 0 Å². The number of hydrogen-bond donors (Lipinski definition) is 1. The number of rotatable bonds is 4. The van der Waals surface area contributed by atoms with Gasteiger partial charge in [-0.2, -0.15) is 0 Å². The second-order valence-corrected chi connectivity index (χ2v) is 6.57. The van der Waals surface area contributed by atoms with E-state index in [9.17, 15) is 0 Å². The SMILES string of the molecule is Cc1noc(C)c1-c1ccc2nccc(N[C@H](C)c3ccccc3)c2c1. The highest BCUT2D eigenvalue weighted by Gasteiger charge is 2.14. The molecule has 0 unspecified atom stereocenters. The Kier molecular flexibility index (Phi) is 4.17. The molecule has 0 fully saturated rings. The molecule has 0 aliphatic heterocycles. The van der Waals surface area contributed by atoms with Gasteiger partial charge in [-0.05, 0) is 50.1 Å². The standard InChI is InChI=1S/C22H21N3O/c1-14(17-7-5-4-6-8-17)24-21-11-12-23-20-10-9-18(13-19(20)21)22-15(2)25-26-16(22)3/h4-14H,1-3H3,(H,23,24)/t14-/m1/s1. The Morgan fingerprint density at radius 3 is 2.54 bits per heavy atom. The zero-order valence-electron chi connectivity index (χ0n) is 15.2. The molecule has 1 atom stereocenters. The fourth-order valence-corrected chi connectivity index (χ4v) is 3.38. The van der Waals surface area contributed by atoms with Crippen molar-refractivity contribution in [1.29, 1.82) is 0 Å². The minimum absolute atomic E-state index is 0.199. The fraction of sp³-hybridized carbons (Fsp3) is 0.182. The van der Waals surface area contributed by atoms with Gasteiger partial charge in [-0.1, -0.05) is 41.6 Å². The van der Waals surface area contributed by atoms with Crippen LogP contribution < -0.4 is 5.32 Å². The van der Waals surface area contributed by atoms with E-state index in [4.69, 9.17) is 4.52 Å². The fourth-order valence-electron chi connectivity index (χ4n) is 3.38. The van der Waals surface area contributed by atoms with Crippen LogP contribution in [0, 0.1) is 13.8 Å². The Balaban J connectivity index is 1.77. The van der Waals surface area contributed by atoms with Crippen LogP contribution in [0.4, 0.5) is 5.69 Å². The summed E-state index contributed by atoms with van der Waals surface area (Å²) in [5, 5.41) is 8.79. The van der Waals surface area contributed by atoms with E-state index in [1.807, 2.05) is 32.2 Å². The Morgan fingerprint density at radius 1 is 1.00 bits per heavy atom. The Morgan fingerprint density at radius 2 is 1.81 bits per heavy atom. The number of fused-ring (bicyclic) bond motifs is 1. The molecule has 26 heavy (non-hydrogen) atoms. The molecule has 0 aliphatic rings. The van der Waals surface area contributed by atoms with E-state index in [1.54, 1.807) is 0 Å². The summed E-state index contributed by atoms with van der Waals surface area (Å²) < 4.78 is 5.33. The molecule has 0 spiro atoms. The number of pyridine rings is 1. The molecule has 0 aliphatic carbocycles. The number of anilines is 1. The molecule has 2 aromatic heterocycles. The van der Waals surface area contributed by atoms with E-state index in [1.165, 1.54) is 5.56 Å². The van der Waals surface area contributed by atoms with Gasteiger partial charge in [0.05, 0.1) is 11.2 Å². The lowest BCUT2D eigenvalue weighted by atomic mass is 10.0. The second kappa shape index (κ2) is 6.64. The third-order valence-electron chi connectivity index (χ3n) is 4.74. The van der Waals surface area contributed by atoms with Gasteiger partial charge in [0.25, 0.3) is 0 Å². The first kappa shape index (κ1) is 16.3. The van der Waals surface area contributed by atoms with Crippen molar-refractivity contribution in [3.63, 3.8) is 0 Å². The molecule has 4 nitrogen and oxygen atoms in total. The molecule has 0 saturated carbocycles. The molecular formula is C22H21N3O. The van der Waals surface area contributed by atoms with E-state index in [-0.39, 0.29) is 6.04 Å². The number of aromatic nitrogens is 2. The van der Waals surface area contributed by atoms with Gasteiger partial charge in [0.2, 0.25) is 0 Å². The van der Waals surface area contributed by atoms with E-state index >= 15 is 0 Å². The molecule has 1 N–H and O–H groups in total. The number of hydrogen-bond acceptors (Lipinski definition) is 4. The zero-order valence-corrected chi connectivity index (χ0v) is 15.2. The summed E-state index contributed by atoms with van der Waals surface area (Å²) in [6.45, 7) is 6.08. The predicted molar refractivity (Wildman–Crippen MR) is 105 cm³/mol. The summed E-state index contributed by atoms with van der Waals surface area (Å²) in [5.41, 5.74) is 6.33. The van der Waals surface area contributed by atoms with Crippen LogP contribution in [-0.2, 0) is 0 Å². The van der Waals surface area contributed by atoms with Crippen molar-refractivity contribution in [1.82, 2.24) is 10.1 Å². The van der Waals surface area contributed by atoms with Gasteiger partial charge < -0.3 is 9.84 Å². The van der Waals surface area contributed by atoms with Crippen LogP contribution in [-0.4, -0.2) is 10.1 Å². The first-order chi connectivity index (χ1) is 12.6. The zero-order chi connectivity index (χ0) is 18.1. The van der Waals surface area contributed by atoms with Crippen molar-refractivity contribution in [2.24, 2.45) is 0 Å². The van der Waals surface area contributed by atoms with Crippen molar-refractivity contribution < 1.29 is 4.52 Å². The highest BCUT2D eigenvalue weighted by molar-refractivity contribution is 5.94. The smallest absolute Gasteiger partial charge is 0.141 e. The van der Waals surface area contributed by atoms with Crippen LogP contribution >= 0.6 is 0 Å². The van der Waals surface area contributed by atoms with Gasteiger partial charge in [-0.15, -0.1) is 0 Å². The average molecular weight is 343 g/mol. The van der Waals surface area contributed by atoms with Gasteiger partial charge in [-0.3, -0.25) is 4.98 Å². The van der Waals surface area contributed by atoms with Crippen LogP contribution in [0.2, 0.25) is 0 Å². The Labute approximate surface area is 152 Å². The molecule has 0 bridgehead atoms. The first-order valence-corrected chi connectivity index (χ1v) is 8.77. The minimum Gasteiger partial charge on any atom is -0.378 e. The minimum atomic E-state index is 0.199. The average Bonchev–Trinajstić information content (AvgIpc) is 3.01. The molecular weight excluding hydrogens is 322 g/mol. The lowest BCUT2D eigenvalue weighted by Crippen LogP contribution is -2.07. The van der Waals surface area contributed by atoms with Crippen LogP contribution in [0.5, 0.6) is 0 Å². The first-order valence-electron chi connectivity index (χ1n) is 8.77. The Bertz CT molecular complexity index is 1030. The van der Waals surface area contributed by atoms with Gasteiger partial charge in [0, 0.05) is 28.9 Å². The number of benzene rings is 2. The maximum absolute atomic E-state index is 5.33. The predicted octanol–water partition coefficient (Wildman–Crippen LogP) is 5.68. The summed E-state index contributed by atoms with van der Waals surface area (Å²) in [5.74, 6) is 0.831. The molecule has 4 heteroatoms. The summed E-state index contributed by atoms with van der Waals surface area (Å²) in [6, 6.07) is 18.9. The summed E-state index contributed by atoms with van der Waals surface area (Å²) >= 11 is 0. The number of nitrogens with one attached hydrogen (secondary N) is 1. The maximum atomic E-state index is 5.33. The molecule has 2 heterocycles. The summed E-state index contributed by atoms with van der Waals surface area (Å²) in [4.78, 5) is 4.51. The molecule has 2 aromatic carbocycles. The third kappa shape index (κ3) is 2.94. The van der Waals surface area contributed by atoms with Crippen LogP contribution in [0.1, 0.15) is 30.0 Å². The van der Waals surface area contributed by atoms with Gasteiger partial charge >= 0.3 is 0 Å². The Hall–Kier alpha value is -3.14. The van der Waals surface area contributed by atoms with E-state index < -0.39 is 0 Å². The lowest BCUT2D eigenvalue weighted by Gasteiger charge is -2.17. The quantitative estimate of drug-likeness (QED) is 0.518. The van der Waals surface area contributed by atoms with E-state index in [0.717, 1.165) is 39.2 Å². The van der Waals surface area contributed by atoms with E-state index in [0.29, 0.717) is 0 Å². The molecule has 0 amide bonds. The van der Waals surface area contributed by atoms with Crippen molar-refractivity contribution in [3.05, 3.63) is 77.8 Å². The number of nitrogens with zero attached hydrogens (tertiary/aromatic N) is 2. The van der Waals surface area contributed by atoms with Crippen molar-refractivity contribution in [3.8, 4) is 11.1 Å². The van der Waals surface area contributed by atoms with Crippen molar-refractivity contribution in [2.45, 2.75) is 26.8 Å². The van der Waals surface area contributed by atoms with Crippen molar-refractivity contribution in [2.75, 3.05) is 5.32 Å². The van der Waals surface area contributed by atoms with Gasteiger partial charge in [0.1, 0.15) is 5.76 Å². The molecule has 4 aromatic rings. The molecule has 4 rings (SSSR count). The second-order valence-electron chi connectivity index (χ2n) is 6.57. The molecule has 130 valence electrons. The highest BCUT2D eigenvalue weighted by atomic mass is 16.5. The van der Waals surface area contributed by atoms with E-state index in [2.05, 4.69) is 64.8 Å². The lowest BCUT2D eigenvalue weighted by molar-refractivity contribution is 0.393. The third-order valence-corrected chi connectivity index (χ3v) is 4.74. The van der Waals surface area contributed by atoms with Crippen molar-refractivity contribution >= 4 is 16.6 Å². The maximum Gasteiger partial charge on any atom is 0.141 e. The highest BCUT2D eigenvalue weighted by Crippen LogP contribution is 2.32. The van der Waals surface area contributed by atoms with Gasteiger partial charge in [-0.25, -0.2) is 0 Å². The van der Waals surface area contributed by atoms with Crippen LogP contribution in [0.25, 0.3) is 22.0 Å². The molecule has 0 saturated heterocycles. The summed E-state index contributed by atoms with van der Waals surface area (Å²) in [6.07, 6.45) is 1.85. The number of aryl methyl sites for hydroxylation is 2. The topological polar surface area (TPSA) is 51.0 Å². The largest absolute Gasteiger partial charge is 0.378 e. The monoisotopic (exact) mass is 343 g/mol. The summed E-state index contributed by atoms with van der Waals surface area (Å²) in [7, 11) is 0. The van der Waals surface area contributed by atoms with Crippen LogP contribution in [0.3, 0.4) is 0 Å². The van der Waals surface area contributed by atoms with Crippen LogP contribution in [0.15, 0.2) is 65.3 Å². The normalized spacial score (nSPS) is 12.3. The molecule has 0 radical (unpaired) electrons.